The third-order valence-corrected chi connectivity index (χ3v) is 3.36. The lowest BCUT2D eigenvalue weighted by atomic mass is 9.96. The molecule has 0 heterocycles. The van der Waals surface area contributed by atoms with E-state index >= 15 is 0 Å². The summed E-state index contributed by atoms with van der Waals surface area (Å²) in [6.45, 7) is 5.47. The number of ether oxygens (including phenoxy) is 1. The van der Waals surface area contributed by atoms with Crippen LogP contribution in [0.1, 0.15) is 32.6 Å². The Morgan fingerprint density at radius 1 is 1.00 bits per heavy atom. The minimum absolute atomic E-state index is 0.100. The second-order valence-electron chi connectivity index (χ2n) is 4.95. The number of ketones is 1. The molecular weight excluding hydrogens is 255 g/mol. The summed E-state index contributed by atoms with van der Waals surface area (Å²) >= 11 is 0. The number of rotatable bonds is 3. The zero-order valence-electron chi connectivity index (χ0n) is 12.1. The normalized spacial score (nSPS) is 10.4. The SMILES string of the molecule is COc1cc(C)c(C(=O)c2ccc(C)cc2F)cc1C. The maximum absolute atomic E-state index is 13.9. The molecule has 2 nitrogen and oxygen atoms in total. The van der Waals surface area contributed by atoms with Crippen LogP contribution in [0.5, 0.6) is 5.75 Å². The van der Waals surface area contributed by atoms with Gasteiger partial charge in [0, 0.05) is 5.56 Å². The molecule has 0 unspecified atom stereocenters. The van der Waals surface area contributed by atoms with Crippen molar-refractivity contribution in [2.45, 2.75) is 20.8 Å². The Balaban J connectivity index is 2.51. The molecule has 0 amide bonds. The van der Waals surface area contributed by atoms with Crippen molar-refractivity contribution in [1.29, 1.82) is 0 Å². The first-order valence-electron chi connectivity index (χ1n) is 6.40. The summed E-state index contributed by atoms with van der Waals surface area (Å²) in [6, 6.07) is 8.19. The highest BCUT2D eigenvalue weighted by molar-refractivity contribution is 6.10. The molecule has 0 fully saturated rings. The average molecular weight is 272 g/mol. The Morgan fingerprint density at radius 2 is 1.70 bits per heavy atom. The van der Waals surface area contributed by atoms with Gasteiger partial charge in [-0.1, -0.05) is 6.07 Å². The summed E-state index contributed by atoms with van der Waals surface area (Å²) in [5.74, 6) is -0.0583. The number of methoxy groups -OCH3 is 1. The predicted octanol–water partition coefficient (Wildman–Crippen LogP) is 3.99. The molecule has 0 aliphatic heterocycles. The van der Waals surface area contributed by atoms with E-state index in [0.29, 0.717) is 5.56 Å². The Morgan fingerprint density at radius 3 is 2.30 bits per heavy atom. The summed E-state index contributed by atoms with van der Waals surface area (Å²) < 4.78 is 19.1. The fourth-order valence-corrected chi connectivity index (χ4v) is 2.20. The lowest BCUT2D eigenvalue weighted by Gasteiger charge is -2.11. The minimum Gasteiger partial charge on any atom is -0.496 e. The van der Waals surface area contributed by atoms with Crippen molar-refractivity contribution in [3.05, 3.63) is 64.0 Å². The van der Waals surface area contributed by atoms with Crippen LogP contribution in [-0.4, -0.2) is 12.9 Å². The van der Waals surface area contributed by atoms with E-state index in [9.17, 15) is 9.18 Å². The summed E-state index contributed by atoms with van der Waals surface area (Å²) in [7, 11) is 1.59. The molecule has 2 rings (SSSR count). The van der Waals surface area contributed by atoms with Crippen molar-refractivity contribution in [2.24, 2.45) is 0 Å². The molecule has 104 valence electrons. The van der Waals surface area contributed by atoms with E-state index in [0.717, 1.165) is 22.4 Å². The van der Waals surface area contributed by atoms with Crippen LogP contribution < -0.4 is 4.74 Å². The van der Waals surface area contributed by atoms with Gasteiger partial charge < -0.3 is 4.74 Å². The second-order valence-corrected chi connectivity index (χ2v) is 4.95. The summed E-state index contributed by atoms with van der Waals surface area (Å²) in [5, 5.41) is 0. The summed E-state index contributed by atoms with van der Waals surface area (Å²) in [6.07, 6.45) is 0. The lowest BCUT2D eigenvalue weighted by Crippen LogP contribution is -2.07. The predicted molar refractivity (Wildman–Crippen MR) is 77.0 cm³/mol. The highest BCUT2D eigenvalue weighted by atomic mass is 19.1. The molecule has 0 radical (unpaired) electrons. The first-order valence-corrected chi connectivity index (χ1v) is 6.40. The van der Waals surface area contributed by atoms with Gasteiger partial charge in [0.2, 0.25) is 0 Å². The van der Waals surface area contributed by atoms with Crippen LogP contribution in [0.15, 0.2) is 30.3 Å². The van der Waals surface area contributed by atoms with Crippen molar-refractivity contribution in [1.82, 2.24) is 0 Å². The smallest absolute Gasteiger partial charge is 0.196 e. The van der Waals surface area contributed by atoms with Crippen LogP contribution in [0.25, 0.3) is 0 Å². The monoisotopic (exact) mass is 272 g/mol. The number of carbonyl (C=O) groups excluding carboxylic acids is 1. The number of hydrogen-bond acceptors (Lipinski definition) is 2. The zero-order chi connectivity index (χ0) is 14.9. The molecule has 2 aromatic carbocycles. The standard InChI is InChI=1S/C17H17FO2/c1-10-5-6-13(15(18)7-10)17(19)14-8-12(3)16(20-4)9-11(14)2/h5-9H,1-4H3. The quantitative estimate of drug-likeness (QED) is 0.790. The van der Waals surface area contributed by atoms with Crippen LogP contribution >= 0.6 is 0 Å². The molecule has 20 heavy (non-hydrogen) atoms. The van der Waals surface area contributed by atoms with E-state index < -0.39 is 5.82 Å². The fraction of sp³-hybridized carbons (Fsp3) is 0.235. The highest BCUT2D eigenvalue weighted by Crippen LogP contribution is 2.25. The number of hydrogen-bond donors (Lipinski definition) is 0. The van der Waals surface area contributed by atoms with Gasteiger partial charge in [-0.25, -0.2) is 4.39 Å². The van der Waals surface area contributed by atoms with E-state index in [4.69, 9.17) is 4.74 Å². The van der Waals surface area contributed by atoms with Crippen LogP contribution in [0.4, 0.5) is 4.39 Å². The van der Waals surface area contributed by atoms with Crippen LogP contribution in [-0.2, 0) is 0 Å². The third-order valence-electron chi connectivity index (χ3n) is 3.36. The van der Waals surface area contributed by atoms with Crippen molar-refractivity contribution >= 4 is 5.78 Å². The Labute approximate surface area is 118 Å². The zero-order valence-corrected chi connectivity index (χ0v) is 12.1. The first-order chi connectivity index (χ1) is 9.43. The van der Waals surface area contributed by atoms with E-state index in [2.05, 4.69) is 0 Å². The van der Waals surface area contributed by atoms with E-state index in [1.165, 1.54) is 12.1 Å². The summed E-state index contributed by atoms with van der Waals surface area (Å²) in [5.41, 5.74) is 3.03. The van der Waals surface area contributed by atoms with Gasteiger partial charge in [-0.15, -0.1) is 0 Å². The Kier molecular flexibility index (Phi) is 3.89. The molecule has 0 bridgehead atoms. The molecule has 0 atom stereocenters. The van der Waals surface area contributed by atoms with E-state index in [-0.39, 0.29) is 11.3 Å². The number of carbonyl (C=O) groups is 1. The topological polar surface area (TPSA) is 26.3 Å². The van der Waals surface area contributed by atoms with Gasteiger partial charge in [0.05, 0.1) is 12.7 Å². The van der Waals surface area contributed by atoms with Crippen LogP contribution in [0.2, 0.25) is 0 Å². The van der Waals surface area contributed by atoms with Crippen molar-refractivity contribution < 1.29 is 13.9 Å². The van der Waals surface area contributed by atoms with E-state index in [1.807, 2.05) is 13.8 Å². The maximum atomic E-state index is 13.9. The Bertz CT molecular complexity index is 675. The number of benzene rings is 2. The molecule has 0 spiro atoms. The van der Waals surface area contributed by atoms with Gasteiger partial charge in [-0.3, -0.25) is 4.79 Å². The van der Waals surface area contributed by atoms with Crippen molar-refractivity contribution in [3.63, 3.8) is 0 Å². The summed E-state index contributed by atoms with van der Waals surface area (Å²) in [4.78, 5) is 12.5. The van der Waals surface area contributed by atoms with Gasteiger partial charge >= 0.3 is 0 Å². The molecule has 0 aliphatic carbocycles. The molecule has 0 N–H and O–H groups in total. The number of halogens is 1. The third kappa shape index (κ3) is 2.57. The second kappa shape index (κ2) is 5.45. The van der Waals surface area contributed by atoms with Gasteiger partial charge in [0.25, 0.3) is 0 Å². The van der Waals surface area contributed by atoms with Gasteiger partial charge in [0.15, 0.2) is 5.78 Å². The van der Waals surface area contributed by atoms with Crippen molar-refractivity contribution in [3.8, 4) is 5.75 Å². The fourth-order valence-electron chi connectivity index (χ4n) is 2.20. The molecular formula is C17H17FO2. The highest BCUT2D eigenvalue weighted by Gasteiger charge is 2.17. The van der Waals surface area contributed by atoms with Gasteiger partial charge in [0.1, 0.15) is 11.6 Å². The molecule has 0 saturated heterocycles. The average Bonchev–Trinajstić information content (AvgIpc) is 2.40. The van der Waals surface area contributed by atoms with Gasteiger partial charge in [-0.2, -0.15) is 0 Å². The van der Waals surface area contributed by atoms with Crippen LogP contribution in [0.3, 0.4) is 0 Å². The number of aryl methyl sites for hydroxylation is 3. The molecule has 0 aliphatic rings. The molecule has 2 aromatic rings. The molecule has 3 heteroatoms. The Hall–Kier alpha value is -2.16. The van der Waals surface area contributed by atoms with Crippen LogP contribution in [0, 0.1) is 26.6 Å². The molecule has 0 saturated carbocycles. The molecule has 0 aromatic heterocycles. The maximum Gasteiger partial charge on any atom is 0.196 e. The minimum atomic E-state index is -0.483. The first kappa shape index (κ1) is 14.3. The van der Waals surface area contributed by atoms with Crippen molar-refractivity contribution in [2.75, 3.05) is 7.11 Å². The van der Waals surface area contributed by atoms with E-state index in [1.54, 1.807) is 32.2 Å². The lowest BCUT2D eigenvalue weighted by molar-refractivity contribution is 0.103. The largest absolute Gasteiger partial charge is 0.496 e. The van der Waals surface area contributed by atoms with Gasteiger partial charge in [-0.05, 0) is 61.7 Å².